The van der Waals surface area contributed by atoms with E-state index in [1.165, 1.54) is 34.6 Å². The summed E-state index contributed by atoms with van der Waals surface area (Å²) in [5.74, 6) is -0.516. The molecule has 8 nitrogen and oxygen atoms in total. The molecule has 29 heavy (non-hydrogen) atoms. The number of sulfonamides is 1. The van der Waals surface area contributed by atoms with Crippen molar-refractivity contribution in [2.45, 2.75) is 37.6 Å². The Labute approximate surface area is 173 Å². The van der Waals surface area contributed by atoms with Crippen molar-refractivity contribution in [1.82, 2.24) is 4.31 Å². The molecule has 0 spiro atoms. The van der Waals surface area contributed by atoms with Crippen LogP contribution in [0.5, 0.6) is 0 Å². The van der Waals surface area contributed by atoms with Crippen LogP contribution in [-0.4, -0.2) is 36.1 Å². The summed E-state index contributed by atoms with van der Waals surface area (Å²) in [6.07, 6.45) is 0.906. The molecule has 1 heterocycles. The number of rotatable bonds is 5. The molecule has 1 fully saturated rings. The summed E-state index contributed by atoms with van der Waals surface area (Å²) in [6.45, 7) is 3.57. The third-order valence-corrected chi connectivity index (χ3v) is 7.21. The van der Waals surface area contributed by atoms with Crippen LogP contribution in [0.1, 0.15) is 24.0 Å². The number of anilines is 1. The Bertz CT molecular complexity index is 1070. The van der Waals surface area contributed by atoms with E-state index < -0.39 is 26.9 Å². The lowest BCUT2D eigenvalue weighted by atomic mass is 10.1. The van der Waals surface area contributed by atoms with Crippen molar-refractivity contribution in [2.24, 2.45) is 0 Å². The van der Waals surface area contributed by atoms with E-state index in [9.17, 15) is 23.3 Å². The first kappa shape index (κ1) is 21.2. The molecule has 1 atom stereocenters. The Kier molecular flexibility index (Phi) is 5.92. The van der Waals surface area contributed by atoms with Gasteiger partial charge in [-0.2, -0.15) is 4.31 Å². The van der Waals surface area contributed by atoms with Crippen LogP contribution in [-0.2, 0) is 14.8 Å². The summed E-state index contributed by atoms with van der Waals surface area (Å²) >= 11 is 5.83. The van der Waals surface area contributed by atoms with Crippen molar-refractivity contribution in [3.05, 3.63) is 62.7 Å². The average Bonchev–Trinajstić information content (AvgIpc) is 3.15. The summed E-state index contributed by atoms with van der Waals surface area (Å²) in [4.78, 5) is 23.6. The number of nitrogens with one attached hydrogen (secondary N) is 1. The quantitative estimate of drug-likeness (QED) is 0.567. The van der Waals surface area contributed by atoms with Crippen molar-refractivity contribution in [3.8, 4) is 0 Å². The molecule has 2 aromatic rings. The predicted molar refractivity (Wildman–Crippen MR) is 110 cm³/mol. The fraction of sp³-hybridized carbons (Fsp3) is 0.316. The van der Waals surface area contributed by atoms with Crippen molar-refractivity contribution in [3.63, 3.8) is 0 Å². The van der Waals surface area contributed by atoms with Crippen LogP contribution in [0.4, 0.5) is 11.4 Å². The number of amides is 1. The summed E-state index contributed by atoms with van der Waals surface area (Å²) in [6, 6.07) is 7.79. The van der Waals surface area contributed by atoms with Crippen LogP contribution < -0.4 is 5.32 Å². The third kappa shape index (κ3) is 4.26. The van der Waals surface area contributed by atoms with E-state index in [4.69, 9.17) is 11.6 Å². The van der Waals surface area contributed by atoms with Gasteiger partial charge in [0.2, 0.25) is 15.9 Å². The third-order valence-electron chi connectivity index (χ3n) is 5.03. The van der Waals surface area contributed by atoms with Crippen LogP contribution >= 0.6 is 11.6 Å². The second kappa shape index (κ2) is 8.10. The molecule has 10 heteroatoms. The molecule has 0 unspecified atom stereocenters. The molecule has 0 bridgehead atoms. The second-order valence-corrected chi connectivity index (χ2v) is 9.24. The lowest BCUT2D eigenvalue weighted by molar-refractivity contribution is -0.385. The molecule has 0 aromatic heterocycles. The van der Waals surface area contributed by atoms with Crippen molar-refractivity contribution < 1.29 is 18.1 Å². The molecule has 1 aliphatic heterocycles. The van der Waals surface area contributed by atoms with Gasteiger partial charge in [-0.1, -0.05) is 11.6 Å². The first-order valence-corrected chi connectivity index (χ1v) is 10.8. The van der Waals surface area contributed by atoms with E-state index in [1.807, 2.05) is 0 Å². The number of nitro benzene ring substituents is 1. The van der Waals surface area contributed by atoms with Crippen LogP contribution in [0.2, 0.25) is 5.02 Å². The summed E-state index contributed by atoms with van der Waals surface area (Å²) in [5, 5.41) is 14.3. The minimum atomic E-state index is -3.87. The van der Waals surface area contributed by atoms with Gasteiger partial charge in [-0.25, -0.2) is 8.42 Å². The number of carbonyl (C=O) groups is 1. The fourth-order valence-electron chi connectivity index (χ4n) is 3.36. The van der Waals surface area contributed by atoms with Gasteiger partial charge in [0.05, 0.1) is 9.82 Å². The number of carbonyl (C=O) groups excluding carboxylic acids is 1. The summed E-state index contributed by atoms with van der Waals surface area (Å²) in [7, 11) is -3.87. The first-order valence-electron chi connectivity index (χ1n) is 8.95. The standard InChI is InChI=1S/C19H20ClN3O5S/c1-12-10-15(11-18(13(12)2)23(25)26)21-19(24)17-4-3-9-22(17)29(27,28)16-7-5-14(20)6-8-16/h5-8,10-11,17H,3-4,9H2,1-2H3,(H,21,24)/t17-/m1/s1. The van der Waals surface area contributed by atoms with Gasteiger partial charge in [-0.15, -0.1) is 0 Å². The van der Waals surface area contributed by atoms with Crippen molar-refractivity contribution in [1.29, 1.82) is 0 Å². The molecule has 154 valence electrons. The Morgan fingerprint density at radius 3 is 2.52 bits per heavy atom. The molecule has 3 rings (SSSR count). The van der Waals surface area contributed by atoms with Gasteiger partial charge in [0.25, 0.3) is 5.69 Å². The zero-order valence-electron chi connectivity index (χ0n) is 15.9. The average molecular weight is 438 g/mol. The molecule has 0 aliphatic carbocycles. The number of nitro groups is 1. The zero-order chi connectivity index (χ0) is 21.3. The van der Waals surface area contributed by atoms with Crippen LogP contribution in [0.3, 0.4) is 0 Å². The van der Waals surface area contributed by atoms with Crippen LogP contribution in [0, 0.1) is 24.0 Å². The van der Waals surface area contributed by atoms with Crippen molar-refractivity contribution >= 4 is 38.9 Å². The van der Waals surface area contributed by atoms with E-state index in [1.54, 1.807) is 19.9 Å². The summed E-state index contributed by atoms with van der Waals surface area (Å²) < 4.78 is 27.1. The molecule has 0 radical (unpaired) electrons. The topological polar surface area (TPSA) is 110 Å². The highest BCUT2D eigenvalue weighted by atomic mass is 35.5. The monoisotopic (exact) mass is 437 g/mol. The molecule has 1 N–H and O–H groups in total. The molecule has 0 saturated carbocycles. The second-order valence-electron chi connectivity index (χ2n) is 6.91. The highest BCUT2D eigenvalue weighted by Gasteiger charge is 2.39. The van der Waals surface area contributed by atoms with E-state index in [0.29, 0.717) is 29.0 Å². The maximum Gasteiger partial charge on any atom is 0.274 e. The zero-order valence-corrected chi connectivity index (χ0v) is 17.5. The largest absolute Gasteiger partial charge is 0.324 e. The number of benzene rings is 2. The number of halogens is 1. The van der Waals surface area contributed by atoms with Gasteiger partial charge in [0.1, 0.15) is 6.04 Å². The highest BCUT2D eigenvalue weighted by molar-refractivity contribution is 7.89. The van der Waals surface area contributed by atoms with E-state index in [2.05, 4.69) is 5.32 Å². The fourth-order valence-corrected chi connectivity index (χ4v) is 5.14. The SMILES string of the molecule is Cc1cc(NC(=O)[C@H]2CCCN2S(=O)(=O)c2ccc(Cl)cc2)cc([N+](=O)[O-])c1C. The Hall–Kier alpha value is -2.49. The van der Waals surface area contributed by atoms with Gasteiger partial charge < -0.3 is 5.32 Å². The minimum absolute atomic E-state index is 0.0587. The van der Waals surface area contributed by atoms with Gasteiger partial charge >= 0.3 is 0 Å². The number of hydrogen-bond acceptors (Lipinski definition) is 5. The highest BCUT2D eigenvalue weighted by Crippen LogP contribution is 2.30. The molecular formula is C19H20ClN3O5S. The lowest BCUT2D eigenvalue weighted by Gasteiger charge is -2.23. The predicted octanol–water partition coefficient (Wildman–Crippen LogP) is 3.66. The van der Waals surface area contributed by atoms with Gasteiger partial charge in [0.15, 0.2) is 0 Å². The Balaban J connectivity index is 1.86. The Morgan fingerprint density at radius 2 is 1.90 bits per heavy atom. The number of hydrogen-bond donors (Lipinski definition) is 1. The first-order chi connectivity index (χ1) is 13.6. The van der Waals surface area contributed by atoms with E-state index in [-0.39, 0.29) is 22.8 Å². The molecule has 1 amide bonds. The minimum Gasteiger partial charge on any atom is -0.324 e. The lowest BCUT2D eigenvalue weighted by Crippen LogP contribution is -2.43. The molecule has 2 aromatic carbocycles. The summed E-state index contributed by atoms with van der Waals surface area (Å²) in [5.41, 5.74) is 1.34. The molecule has 1 aliphatic rings. The van der Waals surface area contributed by atoms with Crippen molar-refractivity contribution in [2.75, 3.05) is 11.9 Å². The van der Waals surface area contributed by atoms with Crippen LogP contribution in [0.25, 0.3) is 0 Å². The molecular weight excluding hydrogens is 418 g/mol. The van der Waals surface area contributed by atoms with Gasteiger partial charge in [-0.05, 0) is 62.6 Å². The van der Waals surface area contributed by atoms with Gasteiger partial charge in [-0.3, -0.25) is 14.9 Å². The number of aryl methyl sites for hydroxylation is 1. The maximum absolute atomic E-state index is 13.0. The van der Waals surface area contributed by atoms with Crippen LogP contribution in [0.15, 0.2) is 41.3 Å². The van der Waals surface area contributed by atoms with E-state index >= 15 is 0 Å². The number of nitrogens with zero attached hydrogens (tertiary/aromatic N) is 2. The normalized spacial score (nSPS) is 17.3. The molecule has 1 saturated heterocycles. The Morgan fingerprint density at radius 1 is 1.24 bits per heavy atom. The van der Waals surface area contributed by atoms with E-state index in [0.717, 1.165) is 0 Å². The smallest absolute Gasteiger partial charge is 0.274 e. The maximum atomic E-state index is 13.0. The van der Waals surface area contributed by atoms with Gasteiger partial charge in [0, 0.05) is 28.9 Å².